The summed E-state index contributed by atoms with van der Waals surface area (Å²) in [5.41, 5.74) is 15.7. The van der Waals surface area contributed by atoms with Crippen LogP contribution in [0.5, 0.6) is 0 Å². The first kappa shape index (κ1) is 17.2. The summed E-state index contributed by atoms with van der Waals surface area (Å²) in [7, 11) is 1.33. The largest absolute Gasteiger partial charge is 0.453 e. The van der Waals surface area contributed by atoms with E-state index in [9.17, 15) is 4.79 Å². The molecule has 2 heterocycles. The zero-order chi connectivity index (χ0) is 17.8. The molecule has 1 aromatic heterocycles. The van der Waals surface area contributed by atoms with Gasteiger partial charge in [0.1, 0.15) is 5.82 Å². The molecule has 1 aliphatic rings. The van der Waals surface area contributed by atoms with Crippen LogP contribution in [0.25, 0.3) is 11.3 Å². The number of nitrogens with one attached hydrogen (secondary N) is 3. The van der Waals surface area contributed by atoms with Crippen molar-refractivity contribution in [2.24, 2.45) is 11.5 Å². The first-order valence-electron chi connectivity index (χ1n) is 8.36. The minimum Gasteiger partial charge on any atom is -0.453 e. The molecule has 2 atom stereocenters. The smallest absolute Gasteiger partial charge is 0.411 e. The summed E-state index contributed by atoms with van der Waals surface area (Å²) in [6.45, 7) is 0.630. The van der Waals surface area contributed by atoms with Gasteiger partial charge in [-0.1, -0.05) is 0 Å². The van der Waals surface area contributed by atoms with Gasteiger partial charge in [0.2, 0.25) is 0 Å². The summed E-state index contributed by atoms with van der Waals surface area (Å²) < 4.78 is 4.64. The molecule has 0 saturated carbocycles. The van der Waals surface area contributed by atoms with Crippen molar-refractivity contribution in [2.45, 2.75) is 31.3 Å². The molecular weight excluding hydrogens is 320 g/mol. The Labute approximate surface area is 146 Å². The number of amides is 1. The third kappa shape index (κ3) is 4.09. The predicted octanol–water partition coefficient (Wildman–Crippen LogP) is 2.18. The van der Waals surface area contributed by atoms with Crippen molar-refractivity contribution in [1.82, 2.24) is 9.97 Å². The highest BCUT2D eigenvalue weighted by atomic mass is 16.5. The fourth-order valence-corrected chi connectivity index (χ4v) is 2.91. The number of benzene rings is 1. The molecule has 2 bridgehead atoms. The molecule has 0 fully saturated rings. The van der Waals surface area contributed by atoms with Crippen LogP contribution in [0.1, 0.15) is 31.1 Å². The van der Waals surface area contributed by atoms with Crippen LogP contribution in [-0.4, -0.2) is 35.8 Å². The average molecular weight is 344 g/mol. The number of aromatic nitrogens is 2. The Kier molecular flexibility index (Phi) is 5.20. The van der Waals surface area contributed by atoms with Crippen molar-refractivity contribution in [3.8, 4) is 11.3 Å². The van der Waals surface area contributed by atoms with Crippen LogP contribution in [0.3, 0.4) is 0 Å². The van der Waals surface area contributed by atoms with Gasteiger partial charge in [-0.15, -0.1) is 0 Å². The molecule has 1 aliphatic heterocycles. The number of aromatic amines is 1. The maximum absolute atomic E-state index is 11.4. The fourth-order valence-electron chi connectivity index (χ4n) is 2.91. The van der Waals surface area contributed by atoms with Gasteiger partial charge in [-0.3, -0.25) is 5.32 Å². The number of H-pyrrole nitrogens is 1. The zero-order valence-corrected chi connectivity index (χ0v) is 14.2. The minimum atomic E-state index is -0.514. The van der Waals surface area contributed by atoms with E-state index >= 15 is 0 Å². The van der Waals surface area contributed by atoms with Crippen molar-refractivity contribution in [3.05, 3.63) is 30.2 Å². The molecule has 1 aromatic carbocycles. The lowest BCUT2D eigenvalue weighted by Gasteiger charge is -2.18. The number of carbonyl (C=O) groups is 1. The summed E-state index contributed by atoms with van der Waals surface area (Å²) in [4.78, 5) is 19.2. The first-order valence-corrected chi connectivity index (χ1v) is 8.36. The van der Waals surface area contributed by atoms with Crippen LogP contribution in [0.15, 0.2) is 24.4 Å². The Morgan fingerprint density at radius 1 is 1.36 bits per heavy atom. The van der Waals surface area contributed by atoms with Gasteiger partial charge < -0.3 is 26.5 Å². The topological polar surface area (TPSA) is 131 Å². The third-order valence-corrected chi connectivity index (χ3v) is 4.33. The second kappa shape index (κ2) is 7.54. The van der Waals surface area contributed by atoms with Crippen LogP contribution < -0.4 is 22.1 Å². The van der Waals surface area contributed by atoms with Crippen LogP contribution in [0.4, 0.5) is 16.2 Å². The third-order valence-electron chi connectivity index (χ3n) is 4.33. The second-order valence-electron chi connectivity index (χ2n) is 6.24. The Morgan fingerprint density at radius 2 is 2.20 bits per heavy atom. The molecule has 0 radical (unpaired) electrons. The number of nitrogens with two attached hydrogens (primary N) is 2. The number of rotatable bonds is 1. The van der Waals surface area contributed by atoms with Gasteiger partial charge in [-0.2, -0.15) is 0 Å². The van der Waals surface area contributed by atoms with E-state index < -0.39 is 6.09 Å². The van der Waals surface area contributed by atoms with Crippen LogP contribution in [-0.2, 0) is 4.74 Å². The lowest BCUT2D eigenvalue weighted by atomic mass is 10.0. The number of nitrogens with zero attached hydrogens (tertiary/aromatic N) is 1. The van der Waals surface area contributed by atoms with Crippen molar-refractivity contribution in [3.63, 3.8) is 0 Å². The lowest BCUT2D eigenvalue weighted by Crippen LogP contribution is -2.29. The molecular formula is C17H24N6O2. The number of hydrogen-bond donors (Lipinski definition) is 5. The Hall–Kier alpha value is -2.58. The molecule has 25 heavy (non-hydrogen) atoms. The minimum absolute atomic E-state index is 0.0261. The maximum atomic E-state index is 11.4. The molecule has 8 heteroatoms. The molecule has 8 nitrogen and oxygen atoms in total. The average Bonchev–Trinajstić information content (AvgIpc) is 3.09. The standard InChI is InChI=1S/C17H24N6O2/c1-25-17(24)22-11-5-6-12-14(7-11)20-8-10(18)3-2-4-13(19)16-21-9-15(12)23-16/h5-7,9-10,13,20H,2-4,8,18-19H2,1H3,(H,21,23)(H,22,24)/t10-,13+/m1/s1. The summed E-state index contributed by atoms with van der Waals surface area (Å²) in [6.07, 6.45) is 3.93. The van der Waals surface area contributed by atoms with Gasteiger partial charge >= 0.3 is 6.09 Å². The van der Waals surface area contributed by atoms with E-state index in [1.165, 1.54) is 7.11 Å². The molecule has 3 rings (SSSR count). The van der Waals surface area contributed by atoms with Crippen molar-refractivity contribution in [2.75, 3.05) is 24.3 Å². The van der Waals surface area contributed by atoms with Crippen LogP contribution in [0.2, 0.25) is 0 Å². The van der Waals surface area contributed by atoms with E-state index in [0.29, 0.717) is 12.2 Å². The number of imidazole rings is 1. The number of hydrogen-bond acceptors (Lipinski definition) is 6. The van der Waals surface area contributed by atoms with Gasteiger partial charge in [-0.05, 0) is 37.5 Å². The molecule has 0 saturated heterocycles. The summed E-state index contributed by atoms with van der Waals surface area (Å²) in [6, 6.07) is 5.47. The molecule has 0 aliphatic carbocycles. The molecule has 7 N–H and O–H groups in total. The maximum Gasteiger partial charge on any atom is 0.411 e. The lowest BCUT2D eigenvalue weighted by molar-refractivity contribution is 0.187. The molecule has 0 unspecified atom stereocenters. The van der Waals surface area contributed by atoms with Crippen LogP contribution >= 0.6 is 0 Å². The molecule has 0 spiro atoms. The van der Waals surface area contributed by atoms with Gasteiger partial charge in [0, 0.05) is 29.5 Å². The van der Waals surface area contributed by atoms with Gasteiger partial charge in [0.15, 0.2) is 0 Å². The quantitative estimate of drug-likeness (QED) is 0.539. The van der Waals surface area contributed by atoms with Crippen molar-refractivity contribution >= 4 is 17.5 Å². The van der Waals surface area contributed by atoms with E-state index in [1.807, 2.05) is 18.2 Å². The first-order chi connectivity index (χ1) is 12.1. The number of ether oxygens (including phenoxy) is 1. The van der Waals surface area contributed by atoms with E-state index in [1.54, 1.807) is 6.20 Å². The molecule has 2 aromatic rings. The Bertz CT molecular complexity index is 744. The molecule has 134 valence electrons. The number of anilines is 2. The van der Waals surface area contributed by atoms with Crippen molar-refractivity contribution < 1.29 is 9.53 Å². The second-order valence-corrected chi connectivity index (χ2v) is 6.24. The van der Waals surface area contributed by atoms with Gasteiger partial charge in [-0.25, -0.2) is 9.78 Å². The summed E-state index contributed by atoms with van der Waals surface area (Å²) in [5.74, 6) is 0.770. The van der Waals surface area contributed by atoms with Gasteiger partial charge in [0.25, 0.3) is 0 Å². The Balaban J connectivity index is 1.97. The highest BCUT2D eigenvalue weighted by Gasteiger charge is 2.16. The number of methoxy groups -OCH3 is 1. The van der Waals surface area contributed by atoms with E-state index in [0.717, 1.165) is 42.0 Å². The fraction of sp³-hybridized carbons (Fsp3) is 0.412. The van der Waals surface area contributed by atoms with Gasteiger partial charge in [0.05, 0.1) is 25.0 Å². The highest BCUT2D eigenvalue weighted by Crippen LogP contribution is 2.31. The van der Waals surface area contributed by atoms with Crippen LogP contribution in [0, 0.1) is 0 Å². The van der Waals surface area contributed by atoms with E-state index in [-0.39, 0.29) is 12.1 Å². The normalized spacial score (nSPS) is 20.4. The monoisotopic (exact) mass is 344 g/mol. The molecule has 1 amide bonds. The number of carbonyl (C=O) groups excluding carboxylic acids is 1. The summed E-state index contributed by atoms with van der Waals surface area (Å²) in [5, 5.41) is 6.05. The zero-order valence-electron chi connectivity index (χ0n) is 14.2. The predicted molar refractivity (Wildman–Crippen MR) is 97.3 cm³/mol. The Morgan fingerprint density at radius 3 is 3.00 bits per heavy atom. The van der Waals surface area contributed by atoms with Crippen molar-refractivity contribution in [1.29, 1.82) is 0 Å². The number of fused-ring (bicyclic) bond motifs is 4. The SMILES string of the molecule is COC(=O)Nc1ccc2c(c1)NC[C@H](N)CCC[C@H](N)c1ncc-2[nH]1. The highest BCUT2D eigenvalue weighted by molar-refractivity contribution is 5.87. The summed E-state index contributed by atoms with van der Waals surface area (Å²) >= 11 is 0. The van der Waals surface area contributed by atoms with E-state index in [4.69, 9.17) is 11.5 Å². The van der Waals surface area contributed by atoms with E-state index in [2.05, 4.69) is 25.3 Å².